The SMILES string of the molecule is CC1CCCC(NCC2(O)CCCCCC2)C1C. The van der Waals surface area contributed by atoms with Crippen LogP contribution >= 0.6 is 0 Å². The smallest absolute Gasteiger partial charge is 0.0771 e. The second kappa shape index (κ2) is 6.38. The van der Waals surface area contributed by atoms with Gasteiger partial charge in [0.05, 0.1) is 5.60 Å². The molecule has 2 aliphatic rings. The van der Waals surface area contributed by atoms with Crippen molar-refractivity contribution in [1.29, 1.82) is 0 Å². The van der Waals surface area contributed by atoms with Crippen LogP contribution < -0.4 is 5.32 Å². The summed E-state index contributed by atoms with van der Waals surface area (Å²) in [6.45, 7) is 5.56. The zero-order valence-corrected chi connectivity index (χ0v) is 12.3. The summed E-state index contributed by atoms with van der Waals surface area (Å²) in [5.74, 6) is 1.59. The first-order chi connectivity index (χ1) is 8.61. The molecule has 0 bridgehead atoms. The van der Waals surface area contributed by atoms with E-state index in [-0.39, 0.29) is 0 Å². The van der Waals surface area contributed by atoms with Crippen LogP contribution in [0, 0.1) is 11.8 Å². The van der Waals surface area contributed by atoms with Gasteiger partial charge in [-0.15, -0.1) is 0 Å². The minimum Gasteiger partial charge on any atom is -0.389 e. The molecule has 0 aromatic carbocycles. The summed E-state index contributed by atoms with van der Waals surface area (Å²) in [4.78, 5) is 0. The van der Waals surface area contributed by atoms with Gasteiger partial charge in [0.15, 0.2) is 0 Å². The first-order valence-electron chi connectivity index (χ1n) is 8.06. The lowest BCUT2D eigenvalue weighted by molar-refractivity contribution is 0.0179. The van der Waals surface area contributed by atoms with Crippen molar-refractivity contribution in [2.24, 2.45) is 11.8 Å². The Bertz CT molecular complexity index is 245. The third kappa shape index (κ3) is 3.71. The van der Waals surface area contributed by atoms with Gasteiger partial charge in [-0.25, -0.2) is 0 Å². The predicted octanol–water partition coefficient (Wildman–Crippen LogP) is 3.49. The Morgan fingerprint density at radius 3 is 2.33 bits per heavy atom. The molecule has 2 heteroatoms. The van der Waals surface area contributed by atoms with Gasteiger partial charge in [-0.05, 0) is 31.1 Å². The zero-order chi connectivity index (χ0) is 13.0. The number of hydrogen-bond donors (Lipinski definition) is 2. The van der Waals surface area contributed by atoms with Gasteiger partial charge in [0.25, 0.3) is 0 Å². The van der Waals surface area contributed by atoms with E-state index in [4.69, 9.17) is 0 Å². The molecule has 0 aromatic heterocycles. The number of nitrogens with one attached hydrogen (secondary N) is 1. The Morgan fingerprint density at radius 1 is 1.00 bits per heavy atom. The second-order valence-electron chi connectivity index (χ2n) is 6.89. The van der Waals surface area contributed by atoms with Crippen LogP contribution in [0.25, 0.3) is 0 Å². The molecule has 106 valence electrons. The second-order valence-corrected chi connectivity index (χ2v) is 6.89. The van der Waals surface area contributed by atoms with Gasteiger partial charge in [0.2, 0.25) is 0 Å². The fraction of sp³-hybridized carbons (Fsp3) is 1.00. The van der Waals surface area contributed by atoms with Crippen molar-refractivity contribution in [3.05, 3.63) is 0 Å². The molecule has 0 aromatic rings. The first-order valence-corrected chi connectivity index (χ1v) is 8.06. The van der Waals surface area contributed by atoms with Crippen LogP contribution in [0.5, 0.6) is 0 Å². The Kier molecular flexibility index (Phi) is 5.08. The lowest BCUT2D eigenvalue weighted by Crippen LogP contribution is -2.48. The number of hydrogen-bond acceptors (Lipinski definition) is 2. The van der Waals surface area contributed by atoms with Gasteiger partial charge in [0.1, 0.15) is 0 Å². The van der Waals surface area contributed by atoms with Crippen LogP contribution in [-0.4, -0.2) is 23.3 Å². The van der Waals surface area contributed by atoms with Gasteiger partial charge in [-0.2, -0.15) is 0 Å². The molecule has 2 nitrogen and oxygen atoms in total. The molecule has 3 unspecified atom stereocenters. The normalized spacial score (nSPS) is 37.2. The molecule has 0 aliphatic heterocycles. The van der Waals surface area contributed by atoms with E-state index >= 15 is 0 Å². The Morgan fingerprint density at radius 2 is 1.67 bits per heavy atom. The molecule has 0 radical (unpaired) electrons. The summed E-state index contributed by atoms with van der Waals surface area (Å²) < 4.78 is 0. The van der Waals surface area contributed by atoms with Crippen molar-refractivity contribution in [2.45, 2.75) is 83.3 Å². The molecule has 2 saturated carbocycles. The van der Waals surface area contributed by atoms with Crippen molar-refractivity contribution in [3.63, 3.8) is 0 Å². The van der Waals surface area contributed by atoms with Gasteiger partial charge < -0.3 is 10.4 Å². The quantitative estimate of drug-likeness (QED) is 0.755. The van der Waals surface area contributed by atoms with E-state index in [1.54, 1.807) is 0 Å². The molecule has 18 heavy (non-hydrogen) atoms. The summed E-state index contributed by atoms with van der Waals surface area (Å²) in [6, 6.07) is 0.626. The van der Waals surface area contributed by atoms with Crippen molar-refractivity contribution in [3.8, 4) is 0 Å². The summed E-state index contributed by atoms with van der Waals surface area (Å²) in [6.07, 6.45) is 11.0. The monoisotopic (exact) mass is 253 g/mol. The van der Waals surface area contributed by atoms with E-state index in [1.807, 2.05) is 0 Å². The van der Waals surface area contributed by atoms with E-state index in [9.17, 15) is 5.11 Å². The molecule has 0 heterocycles. The van der Waals surface area contributed by atoms with Crippen molar-refractivity contribution in [2.75, 3.05) is 6.54 Å². The third-order valence-electron chi connectivity index (χ3n) is 5.43. The lowest BCUT2D eigenvalue weighted by Gasteiger charge is -2.37. The third-order valence-corrected chi connectivity index (χ3v) is 5.43. The van der Waals surface area contributed by atoms with Crippen molar-refractivity contribution >= 4 is 0 Å². The van der Waals surface area contributed by atoms with Crippen LogP contribution in [0.15, 0.2) is 0 Å². The molecule has 2 N–H and O–H groups in total. The first kappa shape index (κ1) is 14.3. The molecule has 0 saturated heterocycles. The molecule has 2 aliphatic carbocycles. The summed E-state index contributed by atoms with van der Waals surface area (Å²) in [7, 11) is 0. The van der Waals surface area contributed by atoms with Gasteiger partial charge in [0, 0.05) is 12.6 Å². The topological polar surface area (TPSA) is 32.3 Å². The van der Waals surface area contributed by atoms with Crippen LogP contribution in [0.2, 0.25) is 0 Å². The molecule has 0 amide bonds. The van der Waals surface area contributed by atoms with E-state index in [0.29, 0.717) is 6.04 Å². The maximum absolute atomic E-state index is 10.7. The Labute approximate surface area is 113 Å². The zero-order valence-electron chi connectivity index (χ0n) is 12.3. The minimum absolute atomic E-state index is 0.420. The van der Waals surface area contributed by atoms with Gasteiger partial charge in [-0.3, -0.25) is 0 Å². The molecule has 0 spiro atoms. The fourth-order valence-electron chi connectivity index (χ4n) is 3.75. The molecule has 3 atom stereocenters. The standard InChI is InChI=1S/C16H31NO/c1-13-8-7-9-15(14(13)2)17-12-16(18)10-5-3-4-6-11-16/h13-15,17-18H,3-12H2,1-2H3. The highest BCUT2D eigenvalue weighted by atomic mass is 16.3. The Hall–Kier alpha value is -0.0800. The molecular weight excluding hydrogens is 222 g/mol. The maximum Gasteiger partial charge on any atom is 0.0771 e. The van der Waals surface area contributed by atoms with Crippen molar-refractivity contribution in [1.82, 2.24) is 5.32 Å². The van der Waals surface area contributed by atoms with E-state index in [2.05, 4.69) is 19.2 Å². The highest BCUT2D eigenvalue weighted by Crippen LogP contribution is 2.31. The summed E-state index contributed by atoms with van der Waals surface area (Å²) >= 11 is 0. The molecule has 2 fully saturated rings. The van der Waals surface area contributed by atoms with Crippen LogP contribution in [0.4, 0.5) is 0 Å². The highest BCUT2D eigenvalue weighted by Gasteiger charge is 2.31. The molecule has 2 rings (SSSR count). The average molecular weight is 253 g/mol. The fourth-order valence-corrected chi connectivity index (χ4v) is 3.75. The summed E-state index contributed by atoms with van der Waals surface area (Å²) in [5.41, 5.74) is -0.420. The molecular formula is C16H31NO. The minimum atomic E-state index is -0.420. The Balaban J connectivity index is 1.82. The van der Waals surface area contributed by atoms with E-state index in [0.717, 1.165) is 31.2 Å². The van der Waals surface area contributed by atoms with Crippen LogP contribution in [-0.2, 0) is 0 Å². The largest absolute Gasteiger partial charge is 0.389 e. The maximum atomic E-state index is 10.7. The average Bonchev–Trinajstić information content (AvgIpc) is 2.57. The summed E-state index contributed by atoms with van der Waals surface area (Å²) in [5, 5.41) is 14.4. The van der Waals surface area contributed by atoms with E-state index < -0.39 is 5.60 Å². The van der Waals surface area contributed by atoms with Crippen LogP contribution in [0.3, 0.4) is 0 Å². The van der Waals surface area contributed by atoms with Gasteiger partial charge >= 0.3 is 0 Å². The highest BCUT2D eigenvalue weighted by molar-refractivity contribution is 4.88. The number of aliphatic hydroxyl groups is 1. The lowest BCUT2D eigenvalue weighted by atomic mass is 9.77. The van der Waals surface area contributed by atoms with E-state index in [1.165, 1.54) is 44.9 Å². The predicted molar refractivity (Wildman–Crippen MR) is 76.6 cm³/mol. The van der Waals surface area contributed by atoms with Crippen molar-refractivity contribution < 1.29 is 5.11 Å². The van der Waals surface area contributed by atoms with Crippen LogP contribution in [0.1, 0.15) is 71.6 Å². The van der Waals surface area contributed by atoms with Gasteiger partial charge in [-0.1, -0.05) is 52.4 Å². The number of rotatable bonds is 3.